The van der Waals surface area contributed by atoms with Crippen LogP contribution in [0.2, 0.25) is 0 Å². The SMILES string of the molecule is CCCNC(=O)C(C)n1cc(-c2ncnc3[nH]ccc23)cn1.[HH].[HH]. The number of carbonyl (C=O) groups excluding carboxylic acids is 1. The van der Waals surface area contributed by atoms with Gasteiger partial charge in [0.25, 0.3) is 0 Å². The molecule has 1 amide bonds. The largest absolute Gasteiger partial charge is 0.354 e. The Morgan fingerprint density at radius 2 is 2.36 bits per heavy atom. The molecule has 0 fully saturated rings. The summed E-state index contributed by atoms with van der Waals surface area (Å²) < 4.78 is 1.65. The fourth-order valence-corrected chi connectivity index (χ4v) is 2.29. The van der Waals surface area contributed by atoms with Crippen LogP contribution in [0, 0.1) is 0 Å². The van der Waals surface area contributed by atoms with Crippen molar-refractivity contribution in [1.82, 2.24) is 30.0 Å². The number of amides is 1. The summed E-state index contributed by atoms with van der Waals surface area (Å²) in [7, 11) is 0. The first-order valence-electron chi connectivity index (χ1n) is 7.31. The Hall–Kier alpha value is -2.70. The first-order chi connectivity index (χ1) is 10.7. The van der Waals surface area contributed by atoms with Crippen LogP contribution in [0.15, 0.2) is 31.0 Å². The molecule has 3 heterocycles. The summed E-state index contributed by atoms with van der Waals surface area (Å²) >= 11 is 0. The quantitative estimate of drug-likeness (QED) is 0.757. The molecule has 0 spiro atoms. The van der Waals surface area contributed by atoms with E-state index in [1.807, 2.05) is 32.3 Å². The summed E-state index contributed by atoms with van der Waals surface area (Å²) in [6, 6.07) is 1.57. The highest BCUT2D eigenvalue weighted by atomic mass is 16.2. The van der Waals surface area contributed by atoms with Crippen LogP contribution in [0.3, 0.4) is 0 Å². The van der Waals surface area contributed by atoms with Crippen molar-refractivity contribution >= 4 is 16.9 Å². The zero-order chi connectivity index (χ0) is 15.5. The summed E-state index contributed by atoms with van der Waals surface area (Å²) in [5, 5.41) is 8.11. The van der Waals surface area contributed by atoms with E-state index in [-0.39, 0.29) is 14.8 Å². The number of aromatic amines is 1. The van der Waals surface area contributed by atoms with Crippen LogP contribution in [-0.4, -0.2) is 37.2 Å². The number of H-pyrrole nitrogens is 1. The van der Waals surface area contributed by atoms with Gasteiger partial charge < -0.3 is 10.3 Å². The molecule has 0 aliphatic rings. The van der Waals surface area contributed by atoms with Crippen molar-refractivity contribution in [3.05, 3.63) is 31.0 Å². The molecule has 7 heteroatoms. The van der Waals surface area contributed by atoms with E-state index < -0.39 is 0 Å². The van der Waals surface area contributed by atoms with E-state index in [1.165, 1.54) is 6.33 Å². The Morgan fingerprint density at radius 3 is 3.18 bits per heavy atom. The maximum absolute atomic E-state index is 12.0. The number of carbonyl (C=O) groups is 1. The highest BCUT2D eigenvalue weighted by molar-refractivity contribution is 5.90. The van der Waals surface area contributed by atoms with Crippen molar-refractivity contribution in [3.8, 4) is 11.3 Å². The Bertz CT molecular complexity index is 800. The summed E-state index contributed by atoms with van der Waals surface area (Å²) in [6.45, 7) is 4.52. The third-order valence-corrected chi connectivity index (χ3v) is 3.55. The van der Waals surface area contributed by atoms with Crippen LogP contribution in [0.25, 0.3) is 22.3 Å². The fourth-order valence-electron chi connectivity index (χ4n) is 2.29. The lowest BCUT2D eigenvalue weighted by molar-refractivity contribution is -0.124. The molecular formula is C15H22N6O. The molecule has 0 aromatic carbocycles. The van der Waals surface area contributed by atoms with Crippen molar-refractivity contribution in [1.29, 1.82) is 0 Å². The van der Waals surface area contributed by atoms with Crippen LogP contribution in [0.1, 0.15) is 29.2 Å². The van der Waals surface area contributed by atoms with Crippen LogP contribution in [0.4, 0.5) is 0 Å². The van der Waals surface area contributed by atoms with Gasteiger partial charge in [0.15, 0.2) is 0 Å². The summed E-state index contributed by atoms with van der Waals surface area (Å²) in [6.07, 6.45) is 7.82. The highest BCUT2D eigenvalue weighted by Gasteiger charge is 2.17. The summed E-state index contributed by atoms with van der Waals surface area (Å²) in [5.41, 5.74) is 2.45. The summed E-state index contributed by atoms with van der Waals surface area (Å²) in [4.78, 5) is 23.6. The molecule has 0 radical (unpaired) electrons. The monoisotopic (exact) mass is 302 g/mol. The molecule has 0 bridgehead atoms. The minimum Gasteiger partial charge on any atom is -0.354 e. The third kappa shape index (κ3) is 2.57. The van der Waals surface area contributed by atoms with Crippen LogP contribution in [0.5, 0.6) is 0 Å². The topological polar surface area (TPSA) is 88.5 Å². The molecule has 1 unspecified atom stereocenters. The van der Waals surface area contributed by atoms with Crippen molar-refractivity contribution in [2.45, 2.75) is 26.3 Å². The Morgan fingerprint density at radius 1 is 1.50 bits per heavy atom. The second kappa shape index (κ2) is 5.97. The highest BCUT2D eigenvalue weighted by Crippen LogP contribution is 2.24. The number of fused-ring (bicyclic) bond motifs is 1. The minimum atomic E-state index is -0.358. The average Bonchev–Trinajstić information content (AvgIpc) is 3.20. The lowest BCUT2D eigenvalue weighted by Gasteiger charge is -2.11. The van der Waals surface area contributed by atoms with Crippen LogP contribution >= 0.6 is 0 Å². The molecule has 0 saturated heterocycles. The predicted molar refractivity (Wildman–Crippen MR) is 87.3 cm³/mol. The Kier molecular flexibility index (Phi) is 3.86. The molecule has 3 aromatic heterocycles. The van der Waals surface area contributed by atoms with E-state index >= 15 is 0 Å². The van der Waals surface area contributed by atoms with Gasteiger partial charge in [0, 0.05) is 32.7 Å². The van der Waals surface area contributed by atoms with Gasteiger partial charge in [0.1, 0.15) is 18.0 Å². The number of rotatable bonds is 5. The Balaban J connectivity index is 0.00000144. The van der Waals surface area contributed by atoms with Crippen molar-refractivity contribution in [3.63, 3.8) is 0 Å². The first-order valence-corrected chi connectivity index (χ1v) is 7.31. The molecule has 7 nitrogen and oxygen atoms in total. The molecule has 2 N–H and O–H groups in total. The summed E-state index contributed by atoms with van der Waals surface area (Å²) in [5.74, 6) is -0.0361. The van der Waals surface area contributed by atoms with E-state index in [0.29, 0.717) is 6.54 Å². The minimum absolute atomic E-state index is 0. The number of hydrogen-bond acceptors (Lipinski definition) is 4. The van der Waals surface area contributed by atoms with Gasteiger partial charge in [0.2, 0.25) is 5.91 Å². The van der Waals surface area contributed by atoms with E-state index in [1.54, 1.807) is 10.9 Å². The molecule has 0 saturated carbocycles. The fraction of sp³-hybridized carbons (Fsp3) is 0.333. The molecular weight excluding hydrogens is 280 g/mol. The molecule has 0 aliphatic carbocycles. The molecule has 3 aromatic rings. The van der Waals surface area contributed by atoms with Gasteiger partial charge >= 0.3 is 0 Å². The van der Waals surface area contributed by atoms with Crippen LogP contribution in [-0.2, 0) is 4.79 Å². The van der Waals surface area contributed by atoms with E-state index in [2.05, 4.69) is 25.4 Å². The number of aromatic nitrogens is 5. The predicted octanol–water partition coefficient (Wildman–Crippen LogP) is 2.40. The molecule has 1 atom stereocenters. The van der Waals surface area contributed by atoms with E-state index in [4.69, 9.17) is 0 Å². The van der Waals surface area contributed by atoms with Gasteiger partial charge in [-0.3, -0.25) is 9.48 Å². The zero-order valence-corrected chi connectivity index (χ0v) is 12.6. The zero-order valence-electron chi connectivity index (χ0n) is 12.6. The number of hydrogen-bond donors (Lipinski definition) is 2. The maximum Gasteiger partial charge on any atom is 0.244 e. The lowest BCUT2D eigenvalue weighted by Crippen LogP contribution is -2.31. The molecule has 3 rings (SSSR count). The van der Waals surface area contributed by atoms with Gasteiger partial charge in [-0.15, -0.1) is 0 Å². The lowest BCUT2D eigenvalue weighted by atomic mass is 10.2. The molecule has 22 heavy (non-hydrogen) atoms. The smallest absolute Gasteiger partial charge is 0.244 e. The number of nitrogens with one attached hydrogen (secondary N) is 2. The maximum atomic E-state index is 12.0. The van der Waals surface area contributed by atoms with E-state index in [9.17, 15) is 4.79 Å². The molecule has 0 aliphatic heterocycles. The second-order valence-corrected chi connectivity index (χ2v) is 5.14. The first kappa shape index (κ1) is 14.2. The van der Waals surface area contributed by atoms with Gasteiger partial charge in [0.05, 0.1) is 11.9 Å². The van der Waals surface area contributed by atoms with E-state index in [0.717, 1.165) is 28.7 Å². The number of nitrogens with zero attached hydrogens (tertiary/aromatic N) is 4. The second-order valence-electron chi connectivity index (χ2n) is 5.14. The van der Waals surface area contributed by atoms with Gasteiger partial charge in [-0.2, -0.15) is 5.10 Å². The molecule has 118 valence electrons. The normalized spacial score (nSPS) is 12.5. The van der Waals surface area contributed by atoms with Crippen molar-refractivity contribution in [2.75, 3.05) is 6.54 Å². The van der Waals surface area contributed by atoms with Crippen LogP contribution < -0.4 is 5.32 Å². The van der Waals surface area contributed by atoms with Gasteiger partial charge in [-0.05, 0) is 19.4 Å². The Labute approximate surface area is 130 Å². The third-order valence-electron chi connectivity index (χ3n) is 3.55. The average molecular weight is 302 g/mol. The van der Waals surface area contributed by atoms with Crippen molar-refractivity contribution in [2.24, 2.45) is 0 Å². The van der Waals surface area contributed by atoms with Crippen molar-refractivity contribution < 1.29 is 7.65 Å². The van der Waals surface area contributed by atoms with Gasteiger partial charge in [-0.1, -0.05) is 6.92 Å². The van der Waals surface area contributed by atoms with Gasteiger partial charge in [-0.25, -0.2) is 9.97 Å². The standard InChI is InChI=1S/C15H18N6O.2H2/c1-3-5-17-15(22)10(2)21-8-11(7-20-21)13-12-4-6-16-14(12)19-9-18-13;;/h4,6-10H,3,5H2,1-2H3,(H,17,22)(H,16,18,19);2*1H.